The van der Waals surface area contributed by atoms with E-state index >= 15 is 0 Å². The van der Waals surface area contributed by atoms with Crippen molar-refractivity contribution in [2.45, 2.75) is 13.8 Å². The molecule has 0 unspecified atom stereocenters. The second kappa shape index (κ2) is 7.85. The molecule has 0 saturated carbocycles. The first-order valence-electron chi connectivity index (χ1n) is 9.03. The summed E-state index contributed by atoms with van der Waals surface area (Å²) in [6.45, 7) is 3.24. The molecule has 2 aromatic heterocycles. The summed E-state index contributed by atoms with van der Waals surface area (Å²) in [5, 5.41) is 14.0. The number of rotatable bonds is 4. The van der Waals surface area contributed by atoms with Crippen LogP contribution in [0.25, 0.3) is 21.3 Å². The van der Waals surface area contributed by atoms with Crippen LogP contribution in [0.5, 0.6) is 17.2 Å². The summed E-state index contributed by atoms with van der Waals surface area (Å²) >= 11 is 7.38. The van der Waals surface area contributed by atoms with E-state index in [2.05, 4.69) is 10.3 Å². The molecule has 0 spiro atoms. The number of pyridine rings is 1. The molecule has 1 amide bonds. The number of H-pyrrole nitrogens is 1. The van der Waals surface area contributed by atoms with E-state index < -0.39 is 5.56 Å². The molecule has 3 N–H and O–H groups in total. The monoisotopic (exact) mass is 440 g/mol. The molecule has 4 aromatic rings. The number of amides is 1. The third-order valence-corrected chi connectivity index (χ3v) is 6.06. The van der Waals surface area contributed by atoms with E-state index in [4.69, 9.17) is 16.3 Å². The molecule has 4 rings (SSSR count). The Morgan fingerprint density at radius 3 is 2.60 bits per heavy atom. The molecule has 0 aliphatic carbocycles. The number of carbonyl (C=O) groups is 1. The lowest BCUT2D eigenvalue weighted by Gasteiger charge is -2.10. The van der Waals surface area contributed by atoms with Gasteiger partial charge in [0.15, 0.2) is 0 Å². The van der Waals surface area contributed by atoms with E-state index in [-0.39, 0.29) is 17.2 Å². The summed E-state index contributed by atoms with van der Waals surface area (Å²) < 4.78 is 6.36. The minimum atomic E-state index is -0.394. The number of aryl methyl sites for hydroxylation is 1. The first-order valence-corrected chi connectivity index (χ1v) is 10.2. The van der Waals surface area contributed by atoms with Gasteiger partial charge in [0.05, 0.1) is 15.3 Å². The van der Waals surface area contributed by atoms with Gasteiger partial charge in [-0.15, -0.1) is 11.3 Å². The fourth-order valence-corrected chi connectivity index (χ4v) is 4.45. The van der Waals surface area contributed by atoms with Crippen LogP contribution in [0.1, 0.15) is 12.5 Å². The molecule has 8 heteroatoms. The van der Waals surface area contributed by atoms with Gasteiger partial charge >= 0.3 is 0 Å². The number of thiophene rings is 1. The number of nitrogens with one attached hydrogen (secondary N) is 2. The van der Waals surface area contributed by atoms with E-state index in [9.17, 15) is 14.7 Å². The largest absolute Gasteiger partial charge is 0.506 e. The van der Waals surface area contributed by atoms with Gasteiger partial charge in [-0.05, 0) is 42.3 Å². The van der Waals surface area contributed by atoms with Crippen molar-refractivity contribution in [3.05, 3.63) is 68.8 Å². The summed E-state index contributed by atoms with van der Waals surface area (Å²) in [6, 6.07) is 13.8. The Labute approximate surface area is 180 Å². The maximum absolute atomic E-state index is 12.6. The van der Waals surface area contributed by atoms with Crippen LogP contribution < -0.4 is 15.6 Å². The van der Waals surface area contributed by atoms with Crippen LogP contribution in [-0.4, -0.2) is 16.0 Å². The Hall–Kier alpha value is -3.29. The Kier molecular flexibility index (Phi) is 5.24. The highest BCUT2D eigenvalue weighted by molar-refractivity contribution is 7.22. The smallest absolute Gasteiger partial charge is 0.260 e. The number of aromatic amines is 1. The highest BCUT2D eigenvalue weighted by Crippen LogP contribution is 2.41. The second-order valence-corrected chi connectivity index (χ2v) is 8.34. The molecule has 152 valence electrons. The van der Waals surface area contributed by atoms with E-state index in [0.29, 0.717) is 37.3 Å². The van der Waals surface area contributed by atoms with Crippen molar-refractivity contribution < 1.29 is 14.6 Å². The van der Waals surface area contributed by atoms with Crippen molar-refractivity contribution in [1.29, 1.82) is 0 Å². The highest BCUT2D eigenvalue weighted by atomic mass is 35.5. The summed E-state index contributed by atoms with van der Waals surface area (Å²) in [5.74, 6) is 0.844. The number of hydrogen-bond donors (Lipinski definition) is 3. The van der Waals surface area contributed by atoms with Gasteiger partial charge < -0.3 is 20.1 Å². The molecule has 2 heterocycles. The van der Waals surface area contributed by atoms with Crippen LogP contribution in [0.15, 0.2) is 53.3 Å². The van der Waals surface area contributed by atoms with Gasteiger partial charge in [0.25, 0.3) is 5.56 Å². The topological polar surface area (TPSA) is 91.4 Å². The van der Waals surface area contributed by atoms with E-state index in [1.54, 1.807) is 55.5 Å². The van der Waals surface area contributed by atoms with Crippen LogP contribution in [0.3, 0.4) is 0 Å². The standard InChI is InChI=1S/C22H17ClN2O4S/c1-11-17-19(27)18(21(28)25-22(17)30-20(11)23)13-6-8-15(9-7-13)29-16-5-3-4-14(10-16)24-12(2)26/h3-10H,1-2H3,(H,24,26)(H2,25,27,28). The lowest BCUT2D eigenvalue weighted by Crippen LogP contribution is -2.08. The average molecular weight is 441 g/mol. The zero-order valence-electron chi connectivity index (χ0n) is 16.1. The maximum Gasteiger partial charge on any atom is 0.260 e. The number of hydrogen-bond acceptors (Lipinski definition) is 5. The van der Waals surface area contributed by atoms with Crippen molar-refractivity contribution in [1.82, 2.24) is 4.98 Å². The molecule has 0 saturated heterocycles. The zero-order chi connectivity index (χ0) is 21.4. The summed E-state index contributed by atoms with van der Waals surface area (Å²) in [7, 11) is 0. The average Bonchev–Trinajstić information content (AvgIpc) is 2.96. The zero-order valence-corrected chi connectivity index (χ0v) is 17.6. The number of halogens is 1. The first-order chi connectivity index (χ1) is 14.3. The van der Waals surface area contributed by atoms with Crippen molar-refractivity contribution in [2.75, 3.05) is 5.32 Å². The van der Waals surface area contributed by atoms with E-state index in [1.807, 2.05) is 0 Å². The molecule has 0 bridgehead atoms. The quantitative estimate of drug-likeness (QED) is 0.381. The minimum Gasteiger partial charge on any atom is -0.506 e. The molecule has 30 heavy (non-hydrogen) atoms. The minimum absolute atomic E-state index is 0.0916. The highest BCUT2D eigenvalue weighted by Gasteiger charge is 2.19. The van der Waals surface area contributed by atoms with Crippen LogP contribution in [0.2, 0.25) is 4.34 Å². The maximum atomic E-state index is 12.6. The van der Waals surface area contributed by atoms with Crippen molar-refractivity contribution in [2.24, 2.45) is 0 Å². The number of ether oxygens (including phenoxy) is 1. The summed E-state index contributed by atoms with van der Waals surface area (Å²) in [6.07, 6.45) is 0. The lowest BCUT2D eigenvalue weighted by molar-refractivity contribution is -0.114. The molecule has 0 aliphatic heterocycles. The van der Waals surface area contributed by atoms with Crippen molar-refractivity contribution in [3.8, 4) is 28.4 Å². The van der Waals surface area contributed by atoms with Gasteiger partial charge in [-0.1, -0.05) is 29.8 Å². The molecule has 0 aliphatic rings. The number of anilines is 1. The number of fused-ring (bicyclic) bond motifs is 1. The van der Waals surface area contributed by atoms with Crippen molar-refractivity contribution >= 4 is 44.7 Å². The summed E-state index contributed by atoms with van der Waals surface area (Å²) in [5.41, 5.74) is 1.70. The number of carbonyl (C=O) groups excluding carboxylic acids is 1. The van der Waals surface area contributed by atoms with Gasteiger partial charge in [-0.3, -0.25) is 9.59 Å². The molecule has 2 aromatic carbocycles. The van der Waals surface area contributed by atoms with Gasteiger partial charge in [0.2, 0.25) is 5.91 Å². The second-order valence-electron chi connectivity index (χ2n) is 6.72. The SMILES string of the molecule is CC(=O)Nc1cccc(Oc2ccc(-c3c(O)c4c(C)c(Cl)sc4[nH]c3=O)cc2)c1. The molecule has 0 fully saturated rings. The third-order valence-electron chi connectivity index (χ3n) is 4.55. The van der Waals surface area contributed by atoms with Crippen LogP contribution in [-0.2, 0) is 4.79 Å². The first kappa shape index (κ1) is 20.0. The lowest BCUT2D eigenvalue weighted by atomic mass is 10.0. The predicted molar refractivity (Wildman–Crippen MR) is 120 cm³/mol. The normalized spacial score (nSPS) is 10.9. The van der Waals surface area contributed by atoms with Crippen LogP contribution >= 0.6 is 22.9 Å². The Morgan fingerprint density at radius 2 is 1.90 bits per heavy atom. The van der Waals surface area contributed by atoms with Crippen molar-refractivity contribution in [3.63, 3.8) is 0 Å². The third kappa shape index (κ3) is 3.77. The Bertz CT molecular complexity index is 1330. The fourth-order valence-electron chi connectivity index (χ4n) is 3.19. The van der Waals surface area contributed by atoms with Crippen LogP contribution in [0, 0.1) is 6.92 Å². The molecule has 6 nitrogen and oxygen atoms in total. The van der Waals surface area contributed by atoms with Gasteiger partial charge in [0, 0.05) is 18.7 Å². The number of benzene rings is 2. The number of aromatic nitrogens is 1. The molecule has 0 atom stereocenters. The summed E-state index contributed by atoms with van der Waals surface area (Å²) in [4.78, 5) is 27.1. The van der Waals surface area contributed by atoms with E-state index in [1.165, 1.54) is 18.3 Å². The Morgan fingerprint density at radius 1 is 1.17 bits per heavy atom. The molecular formula is C22H17ClN2O4S. The number of aromatic hydroxyl groups is 1. The van der Waals surface area contributed by atoms with E-state index in [0.717, 1.165) is 5.56 Å². The van der Waals surface area contributed by atoms with Gasteiger partial charge in [0.1, 0.15) is 22.1 Å². The molecular weight excluding hydrogens is 424 g/mol. The van der Waals surface area contributed by atoms with Gasteiger partial charge in [-0.2, -0.15) is 0 Å². The predicted octanol–water partition coefficient (Wildman–Crippen LogP) is 5.67. The van der Waals surface area contributed by atoms with Crippen LogP contribution in [0.4, 0.5) is 5.69 Å². The fraction of sp³-hybridized carbons (Fsp3) is 0.0909. The Balaban J connectivity index is 1.65. The van der Waals surface area contributed by atoms with Gasteiger partial charge in [-0.25, -0.2) is 0 Å². The molecule has 0 radical (unpaired) electrons.